The van der Waals surface area contributed by atoms with Crippen LogP contribution >= 0.6 is 0 Å². The molecule has 96 valence electrons. The van der Waals surface area contributed by atoms with Gasteiger partial charge in [0.2, 0.25) is 0 Å². The Morgan fingerprint density at radius 3 is 2.71 bits per heavy atom. The normalized spacial score (nSPS) is 10.6. The summed E-state index contributed by atoms with van der Waals surface area (Å²) in [6.07, 6.45) is 0. The number of hydrogen-bond donors (Lipinski definition) is 1. The summed E-state index contributed by atoms with van der Waals surface area (Å²) in [6, 6.07) is 2.08. The summed E-state index contributed by atoms with van der Waals surface area (Å²) in [6.45, 7) is 8.90. The molecular weight excluding hydrogens is 214 g/mol. The van der Waals surface area contributed by atoms with Crippen LogP contribution in [0.4, 0.5) is 5.69 Å². The van der Waals surface area contributed by atoms with Gasteiger partial charge in [-0.25, -0.2) is 0 Å². The standard InChI is InChI=1S/C13H23N3O/c1-5-17-7-6-16(4)13-8-10(2)15-11(3)12(13)9-14/h8H,5-7,9,14H2,1-4H3. The Labute approximate surface area is 104 Å². The van der Waals surface area contributed by atoms with E-state index in [-0.39, 0.29) is 0 Å². The fraction of sp³-hybridized carbons (Fsp3) is 0.615. The van der Waals surface area contributed by atoms with Crippen molar-refractivity contribution in [3.8, 4) is 0 Å². The number of hydrogen-bond acceptors (Lipinski definition) is 4. The molecule has 0 radical (unpaired) electrons. The second-order valence-corrected chi connectivity index (χ2v) is 4.17. The fourth-order valence-corrected chi connectivity index (χ4v) is 1.89. The number of aromatic nitrogens is 1. The zero-order chi connectivity index (χ0) is 12.8. The highest BCUT2D eigenvalue weighted by atomic mass is 16.5. The van der Waals surface area contributed by atoms with Gasteiger partial charge in [-0.1, -0.05) is 0 Å². The van der Waals surface area contributed by atoms with Crippen LogP contribution in [0.15, 0.2) is 6.07 Å². The van der Waals surface area contributed by atoms with Gasteiger partial charge in [0, 0.05) is 49.4 Å². The smallest absolute Gasteiger partial charge is 0.0641 e. The maximum Gasteiger partial charge on any atom is 0.0641 e. The molecule has 0 saturated carbocycles. The van der Waals surface area contributed by atoms with Crippen molar-refractivity contribution in [2.24, 2.45) is 5.73 Å². The Hall–Kier alpha value is -1.13. The Kier molecular flexibility index (Phi) is 5.38. The third kappa shape index (κ3) is 3.68. The second-order valence-electron chi connectivity index (χ2n) is 4.17. The first-order valence-electron chi connectivity index (χ1n) is 6.06. The minimum atomic E-state index is 0.521. The molecule has 2 N–H and O–H groups in total. The molecule has 4 nitrogen and oxygen atoms in total. The molecule has 4 heteroatoms. The summed E-state index contributed by atoms with van der Waals surface area (Å²) in [5, 5.41) is 0. The van der Waals surface area contributed by atoms with E-state index in [1.54, 1.807) is 0 Å². The van der Waals surface area contributed by atoms with E-state index in [0.29, 0.717) is 6.54 Å². The average molecular weight is 237 g/mol. The first kappa shape index (κ1) is 13.9. The number of aryl methyl sites for hydroxylation is 2. The monoisotopic (exact) mass is 237 g/mol. The van der Waals surface area contributed by atoms with Crippen LogP contribution in [0.2, 0.25) is 0 Å². The molecule has 0 amide bonds. The zero-order valence-electron chi connectivity index (χ0n) is 11.3. The predicted octanol–water partition coefficient (Wildman–Crippen LogP) is 1.63. The van der Waals surface area contributed by atoms with Crippen molar-refractivity contribution in [3.63, 3.8) is 0 Å². The predicted molar refractivity (Wildman–Crippen MR) is 71.4 cm³/mol. The Morgan fingerprint density at radius 1 is 1.41 bits per heavy atom. The van der Waals surface area contributed by atoms with Crippen molar-refractivity contribution in [2.45, 2.75) is 27.3 Å². The zero-order valence-corrected chi connectivity index (χ0v) is 11.3. The summed E-state index contributed by atoms with van der Waals surface area (Å²) in [7, 11) is 2.06. The number of pyridine rings is 1. The van der Waals surface area contributed by atoms with E-state index in [1.165, 1.54) is 0 Å². The molecule has 0 aromatic carbocycles. The van der Waals surface area contributed by atoms with E-state index < -0.39 is 0 Å². The Morgan fingerprint density at radius 2 is 2.12 bits per heavy atom. The molecule has 0 bridgehead atoms. The van der Waals surface area contributed by atoms with Gasteiger partial charge in [0.15, 0.2) is 0 Å². The van der Waals surface area contributed by atoms with Crippen molar-refractivity contribution in [3.05, 3.63) is 23.0 Å². The molecule has 0 aliphatic heterocycles. The van der Waals surface area contributed by atoms with Crippen LogP contribution in [0.5, 0.6) is 0 Å². The summed E-state index contributed by atoms with van der Waals surface area (Å²) in [4.78, 5) is 6.63. The maximum atomic E-state index is 5.80. The Bertz CT molecular complexity index is 366. The average Bonchev–Trinajstić information content (AvgIpc) is 2.28. The topological polar surface area (TPSA) is 51.4 Å². The van der Waals surface area contributed by atoms with Gasteiger partial charge in [-0.05, 0) is 26.8 Å². The summed E-state index contributed by atoms with van der Waals surface area (Å²) in [5.41, 5.74) is 10.1. The lowest BCUT2D eigenvalue weighted by Gasteiger charge is -2.23. The third-order valence-electron chi connectivity index (χ3n) is 2.83. The molecule has 0 unspecified atom stereocenters. The lowest BCUT2D eigenvalue weighted by molar-refractivity contribution is 0.154. The molecule has 1 heterocycles. The van der Waals surface area contributed by atoms with Gasteiger partial charge in [-0.3, -0.25) is 4.98 Å². The highest BCUT2D eigenvalue weighted by molar-refractivity contribution is 5.55. The lowest BCUT2D eigenvalue weighted by Crippen LogP contribution is -2.25. The van der Waals surface area contributed by atoms with Crippen LogP contribution in [0.25, 0.3) is 0 Å². The number of nitrogens with zero attached hydrogens (tertiary/aromatic N) is 2. The first-order valence-corrected chi connectivity index (χ1v) is 6.06. The van der Waals surface area contributed by atoms with E-state index in [9.17, 15) is 0 Å². The van der Waals surface area contributed by atoms with Gasteiger partial charge in [-0.15, -0.1) is 0 Å². The molecule has 0 aliphatic carbocycles. The van der Waals surface area contributed by atoms with Crippen LogP contribution in [0, 0.1) is 13.8 Å². The number of nitrogens with two attached hydrogens (primary N) is 1. The largest absolute Gasteiger partial charge is 0.380 e. The Balaban J connectivity index is 2.87. The number of likely N-dealkylation sites (N-methyl/N-ethyl adjacent to an activating group) is 1. The quantitative estimate of drug-likeness (QED) is 0.764. The second kappa shape index (κ2) is 6.57. The highest BCUT2D eigenvalue weighted by Crippen LogP contribution is 2.22. The van der Waals surface area contributed by atoms with Gasteiger partial charge in [0.05, 0.1) is 6.61 Å². The summed E-state index contributed by atoms with van der Waals surface area (Å²) >= 11 is 0. The first-order chi connectivity index (χ1) is 8.10. The van der Waals surface area contributed by atoms with Crippen molar-refractivity contribution < 1.29 is 4.74 Å². The van der Waals surface area contributed by atoms with Crippen molar-refractivity contribution in [1.82, 2.24) is 4.98 Å². The van der Waals surface area contributed by atoms with Gasteiger partial charge >= 0.3 is 0 Å². The molecule has 1 aromatic rings. The van der Waals surface area contributed by atoms with E-state index in [1.807, 2.05) is 20.8 Å². The summed E-state index contributed by atoms with van der Waals surface area (Å²) in [5.74, 6) is 0. The SMILES string of the molecule is CCOCCN(C)c1cc(C)nc(C)c1CN. The van der Waals surface area contributed by atoms with Crippen molar-refractivity contribution in [2.75, 3.05) is 31.7 Å². The van der Waals surface area contributed by atoms with Gasteiger partial charge in [-0.2, -0.15) is 0 Å². The number of rotatable bonds is 6. The van der Waals surface area contributed by atoms with Crippen molar-refractivity contribution >= 4 is 5.69 Å². The van der Waals surface area contributed by atoms with Gasteiger partial charge < -0.3 is 15.4 Å². The minimum Gasteiger partial charge on any atom is -0.380 e. The van der Waals surface area contributed by atoms with Crippen LogP contribution in [0.1, 0.15) is 23.9 Å². The molecule has 1 rings (SSSR count). The highest BCUT2D eigenvalue weighted by Gasteiger charge is 2.10. The molecule has 17 heavy (non-hydrogen) atoms. The summed E-state index contributed by atoms with van der Waals surface area (Å²) < 4.78 is 5.37. The van der Waals surface area contributed by atoms with E-state index in [4.69, 9.17) is 10.5 Å². The van der Waals surface area contributed by atoms with Gasteiger partial charge in [0.25, 0.3) is 0 Å². The van der Waals surface area contributed by atoms with E-state index in [0.717, 1.165) is 42.4 Å². The van der Waals surface area contributed by atoms with E-state index in [2.05, 4.69) is 23.0 Å². The number of ether oxygens (including phenoxy) is 1. The minimum absolute atomic E-state index is 0.521. The molecule has 0 spiro atoms. The van der Waals surface area contributed by atoms with Crippen LogP contribution in [-0.2, 0) is 11.3 Å². The van der Waals surface area contributed by atoms with Crippen LogP contribution < -0.4 is 10.6 Å². The van der Waals surface area contributed by atoms with Gasteiger partial charge in [0.1, 0.15) is 0 Å². The molecule has 1 aromatic heterocycles. The number of anilines is 1. The van der Waals surface area contributed by atoms with Crippen molar-refractivity contribution in [1.29, 1.82) is 0 Å². The van der Waals surface area contributed by atoms with E-state index >= 15 is 0 Å². The molecular formula is C13H23N3O. The molecule has 0 fully saturated rings. The fourth-order valence-electron chi connectivity index (χ4n) is 1.89. The lowest BCUT2D eigenvalue weighted by atomic mass is 10.1. The van der Waals surface area contributed by atoms with Crippen LogP contribution in [0.3, 0.4) is 0 Å². The molecule has 0 atom stereocenters. The maximum absolute atomic E-state index is 5.80. The molecule has 0 saturated heterocycles. The third-order valence-corrected chi connectivity index (χ3v) is 2.83. The molecule has 0 aliphatic rings. The van der Waals surface area contributed by atoms with Crippen LogP contribution in [-0.4, -0.2) is 31.8 Å².